The number of rotatable bonds is 2. The van der Waals surface area contributed by atoms with Crippen molar-refractivity contribution >= 4 is 54.6 Å². The molecule has 0 saturated heterocycles. The fourth-order valence-electron chi connectivity index (χ4n) is 2.17. The van der Waals surface area contributed by atoms with Crippen LogP contribution in [0.3, 0.4) is 0 Å². The summed E-state index contributed by atoms with van der Waals surface area (Å²) in [5, 5.41) is 0.916. The lowest BCUT2D eigenvalue weighted by molar-refractivity contribution is 0.0997. The molecule has 1 heterocycles. The van der Waals surface area contributed by atoms with Gasteiger partial charge in [-0.3, -0.25) is 4.79 Å². The number of nitrogens with two attached hydrogens (primary N) is 1. The number of para-hydroxylation sites is 1. The normalized spacial score (nSPS) is 10.8. The van der Waals surface area contributed by atoms with Crippen molar-refractivity contribution in [3.05, 3.63) is 57.9 Å². The molecule has 106 valence electrons. The number of anilines is 2. The highest BCUT2D eigenvalue weighted by Gasteiger charge is 2.20. The first-order valence-corrected chi connectivity index (χ1v) is 7.99. The van der Waals surface area contributed by atoms with Crippen LogP contribution in [0.5, 0.6) is 0 Å². The predicted octanol–water partition coefficient (Wildman–Crippen LogP) is 4.52. The van der Waals surface area contributed by atoms with Gasteiger partial charge in [0, 0.05) is 27.3 Å². The highest BCUT2D eigenvalue weighted by Crippen LogP contribution is 2.36. The van der Waals surface area contributed by atoms with E-state index in [1.807, 2.05) is 48.5 Å². The summed E-state index contributed by atoms with van der Waals surface area (Å²) in [5.41, 5.74) is 7.56. The Morgan fingerprint density at radius 3 is 2.62 bits per heavy atom. The van der Waals surface area contributed by atoms with Gasteiger partial charge in [-0.15, -0.1) is 11.3 Å². The standard InChI is InChI=1S/C16H13BrN2OS/c1-19(11-5-3-2-4-6-11)16(20)15-14(18)12-9-10(17)7-8-13(12)21-15/h2-9H,18H2,1H3. The lowest BCUT2D eigenvalue weighted by atomic mass is 10.2. The van der Waals surface area contributed by atoms with E-state index in [4.69, 9.17) is 5.73 Å². The average molecular weight is 361 g/mol. The zero-order valence-corrected chi connectivity index (χ0v) is 13.7. The SMILES string of the molecule is CN(C(=O)c1sc2ccc(Br)cc2c1N)c1ccccc1. The monoisotopic (exact) mass is 360 g/mol. The minimum atomic E-state index is -0.0870. The molecule has 0 radical (unpaired) electrons. The van der Waals surface area contributed by atoms with Crippen LogP contribution in [-0.4, -0.2) is 13.0 Å². The summed E-state index contributed by atoms with van der Waals surface area (Å²) in [6.07, 6.45) is 0. The van der Waals surface area contributed by atoms with Crippen LogP contribution in [0.15, 0.2) is 53.0 Å². The molecule has 3 nitrogen and oxygen atoms in total. The van der Waals surface area contributed by atoms with Crippen molar-refractivity contribution in [2.75, 3.05) is 17.7 Å². The van der Waals surface area contributed by atoms with E-state index < -0.39 is 0 Å². The first kappa shape index (κ1) is 14.1. The van der Waals surface area contributed by atoms with Crippen molar-refractivity contribution in [2.24, 2.45) is 0 Å². The third-order valence-electron chi connectivity index (χ3n) is 3.33. The number of thiophene rings is 1. The summed E-state index contributed by atoms with van der Waals surface area (Å²) in [4.78, 5) is 14.9. The van der Waals surface area contributed by atoms with Crippen molar-refractivity contribution in [2.45, 2.75) is 0 Å². The highest BCUT2D eigenvalue weighted by molar-refractivity contribution is 9.10. The molecule has 0 aliphatic carbocycles. The van der Waals surface area contributed by atoms with Gasteiger partial charge in [0.2, 0.25) is 0 Å². The number of fused-ring (bicyclic) bond motifs is 1. The number of benzene rings is 2. The first-order valence-electron chi connectivity index (χ1n) is 6.38. The second-order valence-electron chi connectivity index (χ2n) is 4.69. The number of nitrogen functional groups attached to an aromatic ring is 1. The predicted molar refractivity (Wildman–Crippen MR) is 93.1 cm³/mol. The van der Waals surface area contributed by atoms with Crippen LogP contribution >= 0.6 is 27.3 Å². The molecule has 0 aliphatic rings. The van der Waals surface area contributed by atoms with E-state index in [0.29, 0.717) is 10.6 Å². The number of amides is 1. The molecule has 5 heteroatoms. The van der Waals surface area contributed by atoms with Crippen LogP contribution in [0, 0.1) is 0 Å². The Morgan fingerprint density at radius 1 is 1.19 bits per heavy atom. The largest absolute Gasteiger partial charge is 0.397 e. The molecule has 0 spiro atoms. The van der Waals surface area contributed by atoms with Crippen LogP contribution < -0.4 is 10.6 Å². The molecular formula is C16H13BrN2OS. The third-order valence-corrected chi connectivity index (χ3v) is 5.00. The first-order chi connectivity index (χ1) is 10.1. The Kier molecular flexibility index (Phi) is 3.69. The van der Waals surface area contributed by atoms with Crippen LogP contribution in [0.4, 0.5) is 11.4 Å². The lowest BCUT2D eigenvalue weighted by Gasteiger charge is -2.16. The molecule has 0 saturated carbocycles. The molecule has 0 fully saturated rings. The van der Waals surface area contributed by atoms with E-state index in [-0.39, 0.29) is 5.91 Å². The number of carbonyl (C=O) groups is 1. The molecule has 2 aromatic carbocycles. The second-order valence-corrected chi connectivity index (χ2v) is 6.65. The average Bonchev–Trinajstić information content (AvgIpc) is 2.83. The topological polar surface area (TPSA) is 46.3 Å². The van der Waals surface area contributed by atoms with Gasteiger partial charge in [-0.25, -0.2) is 0 Å². The third kappa shape index (κ3) is 2.54. The maximum atomic E-state index is 12.7. The number of hydrogen-bond acceptors (Lipinski definition) is 3. The van der Waals surface area contributed by atoms with Crippen molar-refractivity contribution in [3.63, 3.8) is 0 Å². The van der Waals surface area contributed by atoms with Gasteiger partial charge in [0.25, 0.3) is 5.91 Å². The van der Waals surface area contributed by atoms with E-state index >= 15 is 0 Å². The fraction of sp³-hybridized carbons (Fsp3) is 0.0625. The van der Waals surface area contributed by atoms with E-state index in [2.05, 4.69) is 15.9 Å². The lowest BCUT2D eigenvalue weighted by Crippen LogP contribution is -2.25. The molecule has 0 atom stereocenters. The van der Waals surface area contributed by atoms with E-state index in [1.165, 1.54) is 11.3 Å². The Balaban J connectivity index is 2.04. The molecule has 21 heavy (non-hydrogen) atoms. The van der Waals surface area contributed by atoms with Crippen molar-refractivity contribution in [1.82, 2.24) is 0 Å². The molecule has 0 bridgehead atoms. The summed E-state index contributed by atoms with van der Waals surface area (Å²) in [6, 6.07) is 15.4. The summed E-state index contributed by atoms with van der Waals surface area (Å²) >= 11 is 4.86. The summed E-state index contributed by atoms with van der Waals surface area (Å²) in [7, 11) is 1.76. The van der Waals surface area contributed by atoms with Crippen molar-refractivity contribution < 1.29 is 4.79 Å². The van der Waals surface area contributed by atoms with E-state index in [1.54, 1.807) is 11.9 Å². The van der Waals surface area contributed by atoms with Gasteiger partial charge in [-0.1, -0.05) is 34.1 Å². The van der Waals surface area contributed by atoms with Crippen molar-refractivity contribution in [1.29, 1.82) is 0 Å². The highest BCUT2D eigenvalue weighted by atomic mass is 79.9. The van der Waals surface area contributed by atoms with Gasteiger partial charge in [-0.2, -0.15) is 0 Å². The molecule has 2 N–H and O–H groups in total. The Labute approximate surface area is 135 Å². The van der Waals surface area contributed by atoms with Crippen LogP contribution in [0.2, 0.25) is 0 Å². The summed E-state index contributed by atoms with van der Waals surface area (Å²) < 4.78 is 1.97. The van der Waals surface area contributed by atoms with Gasteiger partial charge < -0.3 is 10.6 Å². The van der Waals surface area contributed by atoms with Crippen LogP contribution in [0.25, 0.3) is 10.1 Å². The van der Waals surface area contributed by atoms with Gasteiger partial charge in [0.05, 0.1) is 5.69 Å². The number of carbonyl (C=O) groups excluding carboxylic acids is 1. The molecule has 0 aliphatic heterocycles. The molecule has 3 aromatic rings. The molecule has 1 aromatic heterocycles. The number of nitrogens with zero attached hydrogens (tertiary/aromatic N) is 1. The fourth-order valence-corrected chi connectivity index (χ4v) is 3.61. The van der Waals surface area contributed by atoms with E-state index in [0.717, 1.165) is 20.2 Å². The summed E-state index contributed by atoms with van der Waals surface area (Å²) in [6.45, 7) is 0. The zero-order chi connectivity index (χ0) is 15.0. The molecule has 0 unspecified atom stereocenters. The molecular weight excluding hydrogens is 348 g/mol. The maximum Gasteiger partial charge on any atom is 0.270 e. The number of hydrogen-bond donors (Lipinski definition) is 1. The van der Waals surface area contributed by atoms with Gasteiger partial charge in [0.1, 0.15) is 4.88 Å². The van der Waals surface area contributed by atoms with Gasteiger partial charge in [-0.05, 0) is 30.3 Å². The smallest absolute Gasteiger partial charge is 0.270 e. The summed E-state index contributed by atoms with van der Waals surface area (Å²) in [5.74, 6) is -0.0870. The van der Waals surface area contributed by atoms with Crippen molar-refractivity contribution in [3.8, 4) is 0 Å². The molecule has 3 rings (SSSR count). The second kappa shape index (κ2) is 5.50. The Morgan fingerprint density at radius 2 is 1.90 bits per heavy atom. The van der Waals surface area contributed by atoms with Crippen LogP contribution in [0.1, 0.15) is 9.67 Å². The van der Waals surface area contributed by atoms with Crippen LogP contribution in [-0.2, 0) is 0 Å². The number of halogens is 1. The minimum absolute atomic E-state index is 0.0870. The van der Waals surface area contributed by atoms with E-state index in [9.17, 15) is 4.79 Å². The van der Waals surface area contributed by atoms with Gasteiger partial charge >= 0.3 is 0 Å². The quantitative estimate of drug-likeness (QED) is 0.729. The Hall–Kier alpha value is -1.85. The zero-order valence-electron chi connectivity index (χ0n) is 11.3. The molecule has 1 amide bonds. The minimum Gasteiger partial charge on any atom is -0.397 e. The van der Waals surface area contributed by atoms with Gasteiger partial charge in [0.15, 0.2) is 0 Å². The maximum absolute atomic E-state index is 12.7. The Bertz CT molecular complexity index is 814.